The van der Waals surface area contributed by atoms with Crippen molar-refractivity contribution >= 4 is 5.76 Å². The Hall–Kier alpha value is 0.202. The molecule has 1 aromatic carbocycles. The topological polar surface area (TPSA) is 20.2 Å². The van der Waals surface area contributed by atoms with Crippen molar-refractivity contribution < 1.29 is 49.2 Å². The van der Waals surface area contributed by atoms with Crippen molar-refractivity contribution in [1.29, 1.82) is 0 Å². The Morgan fingerprint density at radius 3 is 2.00 bits per heavy atom. The van der Waals surface area contributed by atoms with Gasteiger partial charge in [0.1, 0.15) is 5.76 Å². The maximum atomic E-state index is 8.83. The van der Waals surface area contributed by atoms with Crippen LogP contribution < -0.4 is 0 Å². The summed E-state index contributed by atoms with van der Waals surface area (Å²) in [5.41, 5.74) is 0.775. The van der Waals surface area contributed by atoms with E-state index in [1.807, 2.05) is 30.3 Å². The van der Waals surface area contributed by atoms with Gasteiger partial charge in [-0.05, 0) is 0 Å². The van der Waals surface area contributed by atoms with Crippen molar-refractivity contribution in [2.75, 3.05) is 0 Å². The van der Waals surface area contributed by atoms with Gasteiger partial charge in [0.05, 0.1) is 0 Å². The Morgan fingerprint density at radius 2 is 1.70 bits per heavy atom. The first-order valence-electron chi connectivity index (χ1n) is 2.74. The SMILES string of the molecule is C=C(O)c1ccccc1.[Ac]. The van der Waals surface area contributed by atoms with Gasteiger partial charge in [-0.2, -0.15) is 0 Å². The van der Waals surface area contributed by atoms with Crippen molar-refractivity contribution in [1.82, 2.24) is 0 Å². The van der Waals surface area contributed by atoms with E-state index < -0.39 is 0 Å². The monoisotopic (exact) mass is 347 g/mol. The number of benzene rings is 1. The summed E-state index contributed by atoms with van der Waals surface area (Å²) in [7, 11) is 0. The molecule has 0 aliphatic rings. The minimum atomic E-state index is 0. The van der Waals surface area contributed by atoms with Gasteiger partial charge in [-0.15, -0.1) is 0 Å². The first-order chi connectivity index (χ1) is 4.30. The molecule has 0 aliphatic heterocycles. The third-order valence-electron chi connectivity index (χ3n) is 1.11. The molecule has 0 fully saturated rings. The molecule has 0 atom stereocenters. The summed E-state index contributed by atoms with van der Waals surface area (Å²) >= 11 is 0. The smallest absolute Gasteiger partial charge is 0.115 e. The van der Waals surface area contributed by atoms with Crippen LogP contribution in [0.1, 0.15) is 5.56 Å². The van der Waals surface area contributed by atoms with Crippen LogP contribution in [0.4, 0.5) is 0 Å². The molecule has 0 saturated heterocycles. The van der Waals surface area contributed by atoms with Crippen LogP contribution >= 0.6 is 0 Å². The number of aliphatic hydroxyl groups is 1. The summed E-state index contributed by atoms with van der Waals surface area (Å²) in [6.45, 7) is 3.38. The molecule has 1 N–H and O–H groups in total. The first kappa shape index (κ1) is 10.2. The van der Waals surface area contributed by atoms with E-state index in [0.29, 0.717) is 0 Å². The van der Waals surface area contributed by atoms with Gasteiger partial charge in [0.2, 0.25) is 0 Å². The van der Waals surface area contributed by atoms with Gasteiger partial charge < -0.3 is 5.11 Å². The second kappa shape index (κ2) is 4.93. The van der Waals surface area contributed by atoms with Crippen LogP contribution in [0.3, 0.4) is 0 Å². The van der Waals surface area contributed by atoms with Gasteiger partial charge in [0.15, 0.2) is 0 Å². The molecule has 1 aromatic rings. The van der Waals surface area contributed by atoms with E-state index >= 15 is 0 Å². The molecule has 0 aromatic heterocycles. The number of rotatable bonds is 1. The first-order valence-corrected chi connectivity index (χ1v) is 2.74. The quantitative estimate of drug-likeness (QED) is 0.773. The molecule has 0 heterocycles. The average Bonchev–Trinajstić information content (AvgIpc) is 1.90. The van der Waals surface area contributed by atoms with Crippen LogP contribution in [0.25, 0.3) is 5.76 Å². The van der Waals surface area contributed by atoms with E-state index in [4.69, 9.17) is 5.11 Å². The average molecular weight is 347 g/mol. The predicted octanol–water partition coefficient (Wildman–Crippen LogP) is 2.22. The Bertz CT molecular complexity index is 206. The Labute approximate surface area is 96.3 Å². The van der Waals surface area contributed by atoms with Gasteiger partial charge in [-0.1, -0.05) is 36.9 Å². The van der Waals surface area contributed by atoms with Crippen LogP contribution in [0, 0.1) is 44.1 Å². The van der Waals surface area contributed by atoms with Crippen LogP contribution in [-0.2, 0) is 0 Å². The van der Waals surface area contributed by atoms with Crippen LogP contribution in [-0.4, -0.2) is 5.11 Å². The Morgan fingerprint density at radius 1 is 1.20 bits per heavy atom. The normalized spacial score (nSPS) is 8.00. The zero-order valence-corrected chi connectivity index (χ0v) is 10.4. The fraction of sp³-hybridized carbons (Fsp3) is 0. The maximum Gasteiger partial charge on any atom is 0.115 e. The fourth-order valence-electron chi connectivity index (χ4n) is 0.631. The summed E-state index contributed by atoms with van der Waals surface area (Å²) < 4.78 is 0. The van der Waals surface area contributed by atoms with E-state index in [0.717, 1.165) is 5.56 Å². The van der Waals surface area contributed by atoms with Crippen molar-refractivity contribution in [3.8, 4) is 0 Å². The molecule has 0 amide bonds. The molecule has 0 aliphatic carbocycles. The zero-order valence-electron chi connectivity index (χ0n) is 5.62. The number of hydrogen-bond donors (Lipinski definition) is 1. The molecule has 49 valence electrons. The molecular weight excluding hydrogens is 339 g/mol. The van der Waals surface area contributed by atoms with Gasteiger partial charge >= 0.3 is 0 Å². The summed E-state index contributed by atoms with van der Waals surface area (Å²) in [5.74, 6) is 0.121. The molecule has 1 radical (unpaired) electrons. The molecule has 1 nitrogen and oxygen atoms in total. The molecule has 0 bridgehead atoms. The summed E-state index contributed by atoms with van der Waals surface area (Å²) in [6.07, 6.45) is 0. The largest absolute Gasteiger partial charge is 0.508 e. The third-order valence-corrected chi connectivity index (χ3v) is 1.11. The zero-order chi connectivity index (χ0) is 6.69. The molecule has 1 rings (SSSR count). The van der Waals surface area contributed by atoms with E-state index in [-0.39, 0.29) is 49.8 Å². The second-order valence-electron chi connectivity index (χ2n) is 1.81. The number of aliphatic hydroxyl groups excluding tert-OH is 1. The fourth-order valence-corrected chi connectivity index (χ4v) is 0.631. The van der Waals surface area contributed by atoms with Crippen molar-refractivity contribution in [2.45, 2.75) is 0 Å². The van der Waals surface area contributed by atoms with Crippen LogP contribution in [0.5, 0.6) is 0 Å². The minimum absolute atomic E-state index is 0. The molecule has 0 unspecified atom stereocenters. The van der Waals surface area contributed by atoms with Gasteiger partial charge in [-0.3, -0.25) is 0 Å². The third kappa shape index (κ3) is 2.86. The molecular formula is C8H8AcO. The van der Waals surface area contributed by atoms with Gasteiger partial charge in [-0.25, -0.2) is 0 Å². The Kier molecular flexibility index (Phi) is 5.03. The van der Waals surface area contributed by atoms with Crippen molar-refractivity contribution in [3.05, 3.63) is 42.5 Å². The predicted molar refractivity (Wildman–Crippen MR) is 38.1 cm³/mol. The van der Waals surface area contributed by atoms with Crippen LogP contribution in [0.15, 0.2) is 36.9 Å². The summed E-state index contributed by atoms with van der Waals surface area (Å²) in [5, 5.41) is 8.83. The molecule has 10 heavy (non-hydrogen) atoms. The van der Waals surface area contributed by atoms with Crippen molar-refractivity contribution in [2.24, 2.45) is 0 Å². The molecule has 2 heteroatoms. The number of hydrogen-bond acceptors (Lipinski definition) is 1. The standard InChI is InChI=1S/C8H8O.Ac/c1-7(9)8-5-3-2-4-6-8;/h2-6,9H,1H2;. The molecule has 0 saturated carbocycles. The van der Waals surface area contributed by atoms with E-state index in [2.05, 4.69) is 6.58 Å². The van der Waals surface area contributed by atoms with E-state index in [1.54, 1.807) is 0 Å². The Balaban J connectivity index is 0.000000810. The summed E-state index contributed by atoms with van der Waals surface area (Å²) in [4.78, 5) is 0. The van der Waals surface area contributed by atoms with E-state index in [1.165, 1.54) is 0 Å². The van der Waals surface area contributed by atoms with Gasteiger partial charge in [0, 0.05) is 49.6 Å². The second-order valence-corrected chi connectivity index (χ2v) is 1.81. The van der Waals surface area contributed by atoms with Crippen molar-refractivity contribution in [3.63, 3.8) is 0 Å². The van der Waals surface area contributed by atoms with Gasteiger partial charge in [0.25, 0.3) is 0 Å². The molecule has 0 spiro atoms. The van der Waals surface area contributed by atoms with Crippen LogP contribution in [0.2, 0.25) is 0 Å². The van der Waals surface area contributed by atoms with E-state index in [9.17, 15) is 0 Å². The summed E-state index contributed by atoms with van der Waals surface area (Å²) in [6, 6.07) is 9.23. The minimum Gasteiger partial charge on any atom is -0.508 e. The maximum absolute atomic E-state index is 8.83.